The fourth-order valence-corrected chi connectivity index (χ4v) is 3.47. The number of nitrogens with zero attached hydrogens (tertiary/aromatic N) is 2. The van der Waals surface area contributed by atoms with Gasteiger partial charge in [-0.1, -0.05) is 0 Å². The van der Waals surface area contributed by atoms with Crippen molar-refractivity contribution in [2.45, 2.75) is 26.4 Å². The highest BCUT2D eigenvalue weighted by atomic mass is 32.1. The van der Waals surface area contributed by atoms with Crippen molar-refractivity contribution in [1.29, 1.82) is 0 Å². The Morgan fingerprint density at radius 2 is 2.38 bits per heavy atom. The summed E-state index contributed by atoms with van der Waals surface area (Å²) < 4.78 is 0. The second-order valence-electron chi connectivity index (χ2n) is 5.34. The number of carbonyl (C=O) groups excluding carboxylic acids is 1. The first-order valence-electron chi connectivity index (χ1n) is 7.17. The lowest BCUT2D eigenvalue weighted by molar-refractivity contribution is -0.131. The van der Waals surface area contributed by atoms with Crippen molar-refractivity contribution < 1.29 is 4.79 Å². The second kappa shape index (κ2) is 6.37. The molecule has 0 aromatic carbocycles. The molecule has 1 aliphatic rings. The van der Waals surface area contributed by atoms with E-state index in [0.29, 0.717) is 13.1 Å². The summed E-state index contributed by atoms with van der Waals surface area (Å²) in [5.74, 6) is 0.179. The monoisotopic (exact) mass is 301 g/mol. The van der Waals surface area contributed by atoms with E-state index in [1.807, 2.05) is 24.1 Å². The summed E-state index contributed by atoms with van der Waals surface area (Å²) in [4.78, 5) is 19.7. The minimum Gasteiger partial charge on any atom is -0.337 e. The van der Waals surface area contributed by atoms with Crippen molar-refractivity contribution in [3.05, 3.63) is 51.5 Å². The largest absolute Gasteiger partial charge is 0.337 e. The van der Waals surface area contributed by atoms with Gasteiger partial charge >= 0.3 is 0 Å². The van der Waals surface area contributed by atoms with E-state index in [-0.39, 0.29) is 5.91 Å². The van der Waals surface area contributed by atoms with Crippen LogP contribution in [0.1, 0.15) is 21.6 Å². The number of hydrogen-bond donors (Lipinski definition) is 1. The van der Waals surface area contributed by atoms with E-state index in [1.54, 1.807) is 17.5 Å². The van der Waals surface area contributed by atoms with E-state index >= 15 is 0 Å². The lowest BCUT2D eigenvalue weighted by atomic mass is 10.1. The highest BCUT2D eigenvalue weighted by molar-refractivity contribution is 7.10. The molecule has 0 aliphatic carbocycles. The van der Waals surface area contributed by atoms with Gasteiger partial charge in [0.25, 0.3) is 0 Å². The van der Waals surface area contributed by atoms with E-state index < -0.39 is 0 Å². The van der Waals surface area contributed by atoms with Crippen LogP contribution in [0.4, 0.5) is 0 Å². The van der Waals surface area contributed by atoms with Crippen LogP contribution in [-0.2, 0) is 24.3 Å². The van der Waals surface area contributed by atoms with Crippen molar-refractivity contribution in [3.8, 4) is 0 Å². The highest BCUT2D eigenvalue weighted by Crippen LogP contribution is 2.23. The van der Waals surface area contributed by atoms with Crippen molar-refractivity contribution >= 4 is 17.2 Å². The summed E-state index contributed by atoms with van der Waals surface area (Å²) in [5, 5.41) is 5.36. The zero-order chi connectivity index (χ0) is 14.7. The molecule has 3 rings (SSSR count). The number of aryl methyl sites for hydroxylation is 1. The molecule has 0 unspecified atom stereocenters. The molecule has 4 nitrogen and oxygen atoms in total. The van der Waals surface area contributed by atoms with Crippen molar-refractivity contribution in [3.63, 3.8) is 0 Å². The summed E-state index contributed by atoms with van der Waals surface area (Å²) in [5.41, 5.74) is 3.65. The van der Waals surface area contributed by atoms with Crippen LogP contribution in [0.15, 0.2) is 29.9 Å². The van der Waals surface area contributed by atoms with Crippen molar-refractivity contribution in [2.75, 3.05) is 13.1 Å². The maximum Gasteiger partial charge on any atom is 0.236 e. The molecule has 2 aromatic heterocycles. The van der Waals surface area contributed by atoms with Gasteiger partial charge in [-0.25, -0.2) is 0 Å². The Bertz CT molecular complexity index is 638. The van der Waals surface area contributed by atoms with Gasteiger partial charge in [0.1, 0.15) is 0 Å². The van der Waals surface area contributed by atoms with E-state index in [1.165, 1.54) is 16.0 Å². The zero-order valence-electron chi connectivity index (χ0n) is 12.1. The fourth-order valence-electron chi connectivity index (χ4n) is 2.58. The van der Waals surface area contributed by atoms with Gasteiger partial charge < -0.3 is 10.2 Å². The maximum atomic E-state index is 12.3. The molecule has 0 saturated heterocycles. The molecule has 0 bridgehead atoms. The first-order chi connectivity index (χ1) is 10.2. The molecule has 0 saturated carbocycles. The molecule has 3 heterocycles. The van der Waals surface area contributed by atoms with Gasteiger partial charge in [-0.2, -0.15) is 0 Å². The second-order valence-corrected chi connectivity index (χ2v) is 6.34. The minimum absolute atomic E-state index is 0.179. The highest BCUT2D eigenvalue weighted by Gasteiger charge is 2.20. The zero-order valence-corrected chi connectivity index (χ0v) is 12.9. The summed E-state index contributed by atoms with van der Waals surface area (Å²) in [6, 6.07) is 4.12. The summed E-state index contributed by atoms with van der Waals surface area (Å²) in [6.07, 6.45) is 4.62. The third-order valence-electron chi connectivity index (χ3n) is 3.89. The molecule has 0 radical (unpaired) electrons. The maximum absolute atomic E-state index is 12.3. The standard InChI is InChI=1S/C16H19N3OS/c1-12-8-17-5-2-13(12)9-18-10-16(20)19-6-3-15-14(11-19)4-7-21-15/h2,4-5,7-8,18H,3,6,9-11H2,1H3. The van der Waals surface area contributed by atoms with Crippen LogP contribution in [-0.4, -0.2) is 28.9 Å². The van der Waals surface area contributed by atoms with Gasteiger partial charge in [0.15, 0.2) is 0 Å². The smallest absolute Gasteiger partial charge is 0.236 e. The number of thiophene rings is 1. The number of hydrogen-bond acceptors (Lipinski definition) is 4. The van der Waals surface area contributed by atoms with Crippen LogP contribution in [0.5, 0.6) is 0 Å². The van der Waals surface area contributed by atoms with Crippen LogP contribution < -0.4 is 5.32 Å². The topological polar surface area (TPSA) is 45.2 Å². The molecule has 0 fully saturated rings. The van der Waals surface area contributed by atoms with E-state index in [4.69, 9.17) is 0 Å². The van der Waals surface area contributed by atoms with Crippen molar-refractivity contribution in [1.82, 2.24) is 15.2 Å². The number of fused-ring (bicyclic) bond motifs is 1. The molecule has 5 heteroatoms. The average molecular weight is 301 g/mol. The van der Waals surface area contributed by atoms with Gasteiger partial charge in [-0.3, -0.25) is 9.78 Å². The van der Waals surface area contributed by atoms with Crippen LogP contribution in [0.2, 0.25) is 0 Å². The van der Waals surface area contributed by atoms with Crippen LogP contribution >= 0.6 is 11.3 Å². The number of rotatable bonds is 4. The number of aromatic nitrogens is 1. The number of nitrogens with one attached hydrogen (secondary N) is 1. The normalized spacial score (nSPS) is 14.0. The van der Waals surface area contributed by atoms with Gasteiger partial charge in [0.2, 0.25) is 5.91 Å². The molecule has 2 aromatic rings. The number of amides is 1. The van der Waals surface area contributed by atoms with Gasteiger partial charge in [-0.05, 0) is 47.5 Å². The Morgan fingerprint density at radius 3 is 3.24 bits per heavy atom. The predicted molar refractivity (Wildman–Crippen MR) is 84.1 cm³/mol. The Kier molecular flexibility index (Phi) is 4.31. The molecule has 1 aliphatic heterocycles. The molecule has 0 atom stereocenters. The third-order valence-corrected chi connectivity index (χ3v) is 4.91. The quantitative estimate of drug-likeness (QED) is 0.941. The lowest BCUT2D eigenvalue weighted by Gasteiger charge is -2.27. The Hall–Kier alpha value is -1.72. The first kappa shape index (κ1) is 14.2. The molecular weight excluding hydrogens is 282 g/mol. The number of carbonyl (C=O) groups is 1. The third kappa shape index (κ3) is 3.31. The van der Waals surface area contributed by atoms with Crippen LogP contribution in [0, 0.1) is 6.92 Å². The van der Waals surface area contributed by atoms with E-state index in [0.717, 1.165) is 25.1 Å². The Morgan fingerprint density at radius 1 is 1.48 bits per heavy atom. The number of pyridine rings is 1. The summed E-state index contributed by atoms with van der Waals surface area (Å²) in [6.45, 7) is 4.73. The summed E-state index contributed by atoms with van der Waals surface area (Å²) in [7, 11) is 0. The summed E-state index contributed by atoms with van der Waals surface area (Å²) >= 11 is 1.80. The van der Waals surface area contributed by atoms with Crippen LogP contribution in [0.3, 0.4) is 0 Å². The first-order valence-corrected chi connectivity index (χ1v) is 8.05. The van der Waals surface area contributed by atoms with Gasteiger partial charge in [-0.15, -0.1) is 11.3 Å². The van der Waals surface area contributed by atoms with E-state index in [9.17, 15) is 4.79 Å². The Balaban J connectivity index is 1.50. The van der Waals surface area contributed by atoms with Crippen molar-refractivity contribution in [2.24, 2.45) is 0 Å². The van der Waals surface area contributed by atoms with Gasteiger partial charge in [0, 0.05) is 36.9 Å². The predicted octanol–water partition coefficient (Wildman–Crippen LogP) is 2.13. The fraction of sp³-hybridized carbons (Fsp3) is 0.375. The van der Waals surface area contributed by atoms with Gasteiger partial charge in [0.05, 0.1) is 6.54 Å². The molecule has 1 N–H and O–H groups in total. The lowest BCUT2D eigenvalue weighted by Crippen LogP contribution is -2.40. The molecule has 0 spiro atoms. The molecule has 21 heavy (non-hydrogen) atoms. The molecule has 110 valence electrons. The minimum atomic E-state index is 0.179. The average Bonchev–Trinajstić information content (AvgIpc) is 2.96. The van der Waals surface area contributed by atoms with Crippen LogP contribution in [0.25, 0.3) is 0 Å². The SMILES string of the molecule is Cc1cnccc1CNCC(=O)N1CCc2sccc2C1. The molecule has 1 amide bonds. The van der Waals surface area contributed by atoms with E-state index in [2.05, 4.69) is 21.7 Å². The Labute approximate surface area is 128 Å². The molecular formula is C16H19N3OS.